The monoisotopic (exact) mass is 533 g/mol. The minimum atomic E-state index is -2.66. The summed E-state index contributed by atoms with van der Waals surface area (Å²) in [6.07, 6.45) is 3.44. The van der Waals surface area contributed by atoms with Gasteiger partial charge in [0, 0.05) is 12.3 Å². The average Bonchev–Trinajstić information content (AvgIpc) is 2.89. The number of phenolic OH excluding ortho intramolecular Hbond substituents is 1. The number of methoxy groups -OCH3 is 2. The fraction of sp³-hybridized carbons (Fsp3) is 0.345. The van der Waals surface area contributed by atoms with Crippen LogP contribution >= 0.6 is 0 Å². The second kappa shape index (κ2) is 9.46. The standard InChI is InChI=1S/C29H27NO9/c1-38-20-8-4-13(9-21(20)39-2)3-5-14-6-7-18(31)23-17(14)11-15-10-16-12-19(32)24(28(30)36)27(35)29(16,37)26(34)22(15)25(23)33/h3-9,15-16,22,24,31,37H,10-12H2,1-2H3,(H2,30,36)/b5-3+/t15-,16+,22?,24?,29+/m1/s1. The van der Waals surface area contributed by atoms with Crippen molar-refractivity contribution in [1.82, 2.24) is 0 Å². The Kier molecular flexibility index (Phi) is 6.38. The van der Waals surface area contributed by atoms with Crippen molar-refractivity contribution in [3.05, 3.63) is 52.6 Å². The summed E-state index contributed by atoms with van der Waals surface area (Å²) in [5.41, 5.74) is 4.45. The number of benzene rings is 2. The van der Waals surface area contributed by atoms with Crippen LogP contribution < -0.4 is 15.2 Å². The highest BCUT2D eigenvalue weighted by Gasteiger charge is 2.66. The molecule has 0 spiro atoms. The Bertz CT molecular complexity index is 1480. The second-order valence-corrected chi connectivity index (χ2v) is 10.2. The second-order valence-electron chi connectivity index (χ2n) is 10.2. The fourth-order valence-electron chi connectivity index (χ4n) is 6.29. The molecule has 1 amide bonds. The summed E-state index contributed by atoms with van der Waals surface area (Å²) in [5, 5.41) is 21.9. The normalized spacial score (nSPS) is 28.1. The summed E-state index contributed by atoms with van der Waals surface area (Å²) in [4.78, 5) is 64.5. The Balaban J connectivity index is 1.52. The summed E-state index contributed by atoms with van der Waals surface area (Å²) in [6, 6.07) is 8.36. The zero-order chi connectivity index (χ0) is 28.2. The van der Waals surface area contributed by atoms with Crippen LogP contribution in [-0.2, 0) is 25.6 Å². The molecule has 0 saturated heterocycles. The molecule has 0 bridgehead atoms. The minimum absolute atomic E-state index is 0.0372. The van der Waals surface area contributed by atoms with E-state index in [4.69, 9.17) is 15.2 Å². The van der Waals surface area contributed by atoms with Crippen LogP contribution in [-0.4, -0.2) is 59.1 Å². The highest BCUT2D eigenvalue weighted by molar-refractivity contribution is 6.31. The number of rotatable bonds is 5. The van der Waals surface area contributed by atoms with Crippen LogP contribution in [0.5, 0.6) is 17.2 Å². The van der Waals surface area contributed by atoms with Gasteiger partial charge in [-0.1, -0.05) is 24.3 Å². The van der Waals surface area contributed by atoms with Gasteiger partial charge in [-0.3, -0.25) is 24.0 Å². The Labute approximate surface area is 223 Å². The van der Waals surface area contributed by atoms with Gasteiger partial charge in [-0.05, 0) is 53.6 Å². The van der Waals surface area contributed by atoms with Crippen LogP contribution in [0.15, 0.2) is 30.3 Å². The molecule has 0 aromatic heterocycles. The van der Waals surface area contributed by atoms with Crippen LogP contribution in [0.1, 0.15) is 39.9 Å². The lowest BCUT2D eigenvalue weighted by atomic mass is 9.53. The Hall–Kier alpha value is -4.31. The van der Waals surface area contributed by atoms with Crippen LogP contribution in [0, 0.1) is 23.7 Å². The highest BCUT2D eigenvalue weighted by Crippen LogP contribution is 2.50. The van der Waals surface area contributed by atoms with E-state index < -0.39 is 58.3 Å². The molecule has 0 aliphatic heterocycles. The van der Waals surface area contributed by atoms with Crippen molar-refractivity contribution in [1.29, 1.82) is 0 Å². The van der Waals surface area contributed by atoms with E-state index in [1.165, 1.54) is 20.3 Å². The maximum Gasteiger partial charge on any atom is 0.235 e. The predicted octanol–water partition coefficient (Wildman–Crippen LogP) is 1.51. The van der Waals surface area contributed by atoms with Crippen molar-refractivity contribution in [2.75, 3.05) is 14.2 Å². The largest absolute Gasteiger partial charge is 0.507 e. The van der Waals surface area contributed by atoms with Gasteiger partial charge in [-0.25, -0.2) is 0 Å². The summed E-state index contributed by atoms with van der Waals surface area (Å²) < 4.78 is 10.6. The Morgan fingerprint density at radius 3 is 2.38 bits per heavy atom. The Morgan fingerprint density at radius 2 is 1.72 bits per heavy atom. The van der Waals surface area contributed by atoms with Crippen molar-refractivity contribution in [3.63, 3.8) is 0 Å². The number of carbonyl (C=O) groups excluding carboxylic acids is 5. The van der Waals surface area contributed by atoms with Gasteiger partial charge in [0.15, 0.2) is 46.2 Å². The molecule has 2 saturated carbocycles. The number of nitrogens with two attached hydrogens (primary N) is 1. The first-order chi connectivity index (χ1) is 18.5. The van der Waals surface area contributed by atoms with E-state index in [0.29, 0.717) is 22.6 Å². The third-order valence-electron chi connectivity index (χ3n) is 8.18. The fourth-order valence-corrected chi connectivity index (χ4v) is 6.29. The van der Waals surface area contributed by atoms with Gasteiger partial charge in [0.1, 0.15) is 5.75 Å². The number of carbonyl (C=O) groups is 5. The van der Waals surface area contributed by atoms with Gasteiger partial charge >= 0.3 is 0 Å². The van der Waals surface area contributed by atoms with E-state index in [0.717, 1.165) is 5.56 Å². The molecular formula is C29H27NO9. The SMILES string of the molecule is COc1ccc(/C=C/c2ccc(O)c3c2C[C@H]2C[C@H]4CC(=O)C(C(N)=O)C(=O)[C@@]4(O)C(=O)C2C3=O)cc1OC. The maximum atomic E-state index is 13.6. The van der Waals surface area contributed by atoms with Crippen LogP contribution in [0.4, 0.5) is 0 Å². The number of aromatic hydroxyl groups is 1. The molecule has 2 unspecified atom stereocenters. The first kappa shape index (κ1) is 26.3. The molecule has 0 heterocycles. The van der Waals surface area contributed by atoms with Crippen LogP contribution in [0.3, 0.4) is 0 Å². The first-order valence-electron chi connectivity index (χ1n) is 12.4. The van der Waals surface area contributed by atoms with Crippen molar-refractivity contribution in [2.24, 2.45) is 29.4 Å². The molecular weight excluding hydrogens is 506 g/mol. The third-order valence-corrected chi connectivity index (χ3v) is 8.18. The minimum Gasteiger partial charge on any atom is -0.507 e. The quantitative estimate of drug-likeness (QED) is 0.381. The number of hydrogen-bond acceptors (Lipinski definition) is 9. The highest BCUT2D eigenvalue weighted by atomic mass is 16.5. The topological polar surface area (TPSA) is 170 Å². The lowest BCUT2D eigenvalue weighted by Gasteiger charge is -2.48. The number of phenols is 1. The van der Waals surface area contributed by atoms with Gasteiger partial charge in [0.2, 0.25) is 5.91 Å². The zero-order valence-electron chi connectivity index (χ0n) is 21.3. The average molecular weight is 534 g/mol. The number of hydrogen-bond donors (Lipinski definition) is 3. The van der Waals surface area contributed by atoms with E-state index in [1.54, 1.807) is 30.4 Å². The summed E-state index contributed by atoms with van der Waals surface area (Å²) >= 11 is 0. The number of Topliss-reactive ketones (excluding diaryl/α,β-unsaturated/α-hetero) is 4. The van der Waals surface area contributed by atoms with E-state index in [2.05, 4.69) is 0 Å². The van der Waals surface area contributed by atoms with Crippen LogP contribution in [0.25, 0.3) is 12.2 Å². The molecule has 202 valence electrons. The van der Waals surface area contributed by atoms with Crippen molar-refractivity contribution in [2.45, 2.75) is 24.9 Å². The summed E-state index contributed by atoms with van der Waals surface area (Å²) in [6.45, 7) is 0. The molecule has 5 rings (SSSR count). The first-order valence-corrected chi connectivity index (χ1v) is 12.4. The van der Waals surface area contributed by atoms with E-state index in [9.17, 15) is 34.2 Å². The van der Waals surface area contributed by atoms with Crippen molar-refractivity contribution < 1.29 is 43.7 Å². The summed E-state index contributed by atoms with van der Waals surface area (Å²) in [5.74, 6) is -9.24. The van der Waals surface area contributed by atoms with E-state index in [-0.39, 0.29) is 30.6 Å². The van der Waals surface area contributed by atoms with Gasteiger partial charge in [-0.2, -0.15) is 0 Å². The molecule has 0 radical (unpaired) electrons. The van der Waals surface area contributed by atoms with Gasteiger partial charge in [-0.15, -0.1) is 0 Å². The predicted molar refractivity (Wildman–Crippen MR) is 137 cm³/mol. The van der Waals surface area contributed by atoms with E-state index in [1.807, 2.05) is 6.07 Å². The van der Waals surface area contributed by atoms with E-state index >= 15 is 0 Å². The van der Waals surface area contributed by atoms with Gasteiger partial charge in [0.05, 0.1) is 25.7 Å². The molecule has 10 heteroatoms. The van der Waals surface area contributed by atoms with Crippen molar-refractivity contribution >= 4 is 41.2 Å². The lowest BCUT2D eigenvalue weighted by Crippen LogP contribution is -2.68. The smallest absolute Gasteiger partial charge is 0.235 e. The van der Waals surface area contributed by atoms with Crippen molar-refractivity contribution in [3.8, 4) is 17.2 Å². The lowest BCUT2D eigenvalue weighted by molar-refractivity contribution is -0.175. The molecule has 2 aromatic rings. The molecule has 3 aliphatic carbocycles. The zero-order valence-corrected chi connectivity index (χ0v) is 21.3. The molecule has 2 fully saturated rings. The molecule has 10 nitrogen and oxygen atoms in total. The number of amides is 1. The van der Waals surface area contributed by atoms with Gasteiger partial charge < -0.3 is 25.4 Å². The number of primary amides is 1. The Morgan fingerprint density at radius 1 is 1.00 bits per heavy atom. The van der Waals surface area contributed by atoms with Gasteiger partial charge in [0.25, 0.3) is 0 Å². The number of fused-ring (bicyclic) bond motifs is 3. The van der Waals surface area contributed by atoms with Crippen LogP contribution in [0.2, 0.25) is 0 Å². The third kappa shape index (κ3) is 3.94. The maximum absolute atomic E-state index is 13.6. The molecule has 2 aromatic carbocycles. The number of ketones is 4. The number of aliphatic hydroxyl groups is 1. The molecule has 4 N–H and O–H groups in total. The molecule has 39 heavy (non-hydrogen) atoms. The molecule has 5 atom stereocenters. The number of ether oxygens (including phenoxy) is 2. The molecule has 3 aliphatic rings. The summed E-state index contributed by atoms with van der Waals surface area (Å²) in [7, 11) is 3.06.